The molecule has 0 fully saturated rings. The van der Waals surface area contributed by atoms with Gasteiger partial charge in [0, 0.05) is 11.8 Å². The van der Waals surface area contributed by atoms with E-state index in [9.17, 15) is 8.78 Å². The SMILES string of the molecule is [B]C([B])(N)Cc1cc(OC)c2c(c1)OC(F)(F)S2. The molecule has 0 aliphatic carbocycles. The Bertz CT molecular complexity index is 480. The highest BCUT2D eigenvalue weighted by molar-refractivity contribution is 8.00. The van der Waals surface area contributed by atoms with Gasteiger partial charge in [0.1, 0.15) is 16.4 Å². The molecule has 2 N–H and O–H groups in total. The van der Waals surface area contributed by atoms with E-state index in [1.165, 1.54) is 13.2 Å². The minimum absolute atomic E-state index is 0.0450. The van der Waals surface area contributed by atoms with Crippen molar-refractivity contribution >= 4 is 27.5 Å². The Kier molecular flexibility index (Phi) is 3.27. The van der Waals surface area contributed by atoms with E-state index in [1.807, 2.05) is 0 Å². The highest BCUT2D eigenvalue weighted by atomic mass is 32.2. The van der Waals surface area contributed by atoms with Crippen LogP contribution in [0.1, 0.15) is 5.56 Å². The quantitative estimate of drug-likeness (QED) is 0.836. The summed E-state index contributed by atoms with van der Waals surface area (Å²) in [4.78, 5) is 0.253. The summed E-state index contributed by atoms with van der Waals surface area (Å²) in [6, 6.07) is 3.00. The molecule has 2 rings (SSSR count). The fourth-order valence-electron chi connectivity index (χ4n) is 1.68. The second-order valence-electron chi connectivity index (χ2n) is 4.08. The van der Waals surface area contributed by atoms with Crippen molar-refractivity contribution in [3.8, 4) is 11.5 Å². The maximum absolute atomic E-state index is 13.1. The fourth-order valence-corrected chi connectivity index (χ4v) is 2.50. The molecule has 1 aromatic rings. The van der Waals surface area contributed by atoms with E-state index in [0.717, 1.165) is 0 Å². The van der Waals surface area contributed by atoms with Crippen molar-refractivity contribution in [3.63, 3.8) is 0 Å². The second-order valence-corrected chi connectivity index (χ2v) is 5.17. The molecule has 1 heterocycles. The number of hydrogen-bond acceptors (Lipinski definition) is 4. The molecule has 0 atom stereocenters. The molecular formula is C10H9B2F2NO2S. The molecule has 0 bridgehead atoms. The molecule has 0 amide bonds. The molecule has 1 aromatic carbocycles. The lowest BCUT2D eigenvalue weighted by Gasteiger charge is -2.20. The number of ether oxygens (including phenoxy) is 2. The van der Waals surface area contributed by atoms with Crippen LogP contribution in [0.3, 0.4) is 0 Å². The summed E-state index contributed by atoms with van der Waals surface area (Å²) in [5, 5.41) is -1.42. The van der Waals surface area contributed by atoms with Crippen molar-refractivity contribution in [2.75, 3.05) is 7.11 Å². The van der Waals surface area contributed by atoms with Crippen LogP contribution in [0, 0.1) is 0 Å². The third-order valence-corrected chi connectivity index (χ3v) is 3.19. The van der Waals surface area contributed by atoms with Gasteiger partial charge in [-0.25, -0.2) is 0 Å². The molecule has 18 heavy (non-hydrogen) atoms. The minimum Gasteiger partial charge on any atom is -0.495 e. The number of benzene rings is 1. The topological polar surface area (TPSA) is 44.5 Å². The Balaban J connectivity index is 2.38. The highest BCUT2D eigenvalue weighted by Gasteiger charge is 2.43. The van der Waals surface area contributed by atoms with Crippen LogP contribution in [-0.4, -0.2) is 33.6 Å². The number of fused-ring (bicyclic) bond motifs is 1. The van der Waals surface area contributed by atoms with E-state index in [0.29, 0.717) is 17.3 Å². The van der Waals surface area contributed by atoms with Crippen molar-refractivity contribution in [3.05, 3.63) is 17.7 Å². The number of rotatable bonds is 3. The number of thioether (sulfide) groups is 1. The largest absolute Gasteiger partial charge is 0.495 e. The summed E-state index contributed by atoms with van der Waals surface area (Å²) >= 11 is 0.297. The lowest BCUT2D eigenvalue weighted by atomic mass is 9.60. The molecule has 1 aliphatic rings. The van der Waals surface area contributed by atoms with Gasteiger partial charge in [0.15, 0.2) is 0 Å². The van der Waals surface area contributed by atoms with Crippen LogP contribution in [0.15, 0.2) is 17.0 Å². The molecule has 0 aromatic heterocycles. The Labute approximate surface area is 110 Å². The minimum atomic E-state index is -3.29. The van der Waals surface area contributed by atoms with Crippen LogP contribution >= 0.6 is 11.8 Å². The normalized spacial score (nSPS) is 17.1. The lowest BCUT2D eigenvalue weighted by Crippen LogP contribution is -2.43. The first-order chi connectivity index (χ1) is 8.20. The summed E-state index contributed by atoms with van der Waals surface area (Å²) in [6.07, 6.45) is 0.107. The fraction of sp³-hybridized carbons (Fsp3) is 0.400. The summed E-state index contributed by atoms with van der Waals surface area (Å²) in [5.41, 5.74) is 2.75. The van der Waals surface area contributed by atoms with E-state index in [4.69, 9.17) is 26.2 Å². The zero-order valence-corrected chi connectivity index (χ0v) is 10.4. The number of alkyl halides is 2. The highest BCUT2D eigenvalue weighted by Crippen LogP contribution is 2.53. The molecule has 4 radical (unpaired) electrons. The molecule has 8 heteroatoms. The lowest BCUT2D eigenvalue weighted by molar-refractivity contribution is -0.0822. The Morgan fingerprint density at radius 2 is 2.17 bits per heavy atom. The Morgan fingerprint density at radius 3 is 2.72 bits per heavy atom. The van der Waals surface area contributed by atoms with Crippen LogP contribution in [0.5, 0.6) is 11.5 Å². The van der Waals surface area contributed by atoms with Gasteiger partial charge in [-0.15, -0.1) is 0 Å². The maximum atomic E-state index is 13.1. The molecule has 3 nitrogen and oxygen atoms in total. The van der Waals surface area contributed by atoms with Crippen molar-refractivity contribution < 1.29 is 18.3 Å². The van der Waals surface area contributed by atoms with Crippen LogP contribution in [0.25, 0.3) is 0 Å². The number of methoxy groups -OCH3 is 1. The van der Waals surface area contributed by atoms with Gasteiger partial charge in [0.2, 0.25) is 0 Å². The smallest absolute Gasteiger partial charge is 0.457 e. The van der Waals surface area contributed by atoms with Crippen LogP contribution in [-0.2, 0) is 6.42 Å². The molecule has 0 saturated heterocycles. The van der Waals surface area contributed by atoms with E-state index in [-0.39, 0.29) is 22.8 Å². The number of nitrogens with two attached hydrogens (primary N) is 1. The third-order valence-electron chi connectivity index (χ3n) is 2.26. The predicted octanol–water partition coefficient (Wildman–Crippen LogP) is 1.22. The predicted molar refractivity (Wildman–Crippen MR) is 66.6 cm³/mol. The van der Waals surface area contributed by atoms with Crippen LogP contribution < -0.4 is 15.2 Å². The number of hydrogen-bond donors (Lipinski definition) is 1. The molecule has 0 unspecified atom stereocenters. The van der Waals surface area contributed by atoms with Gasteiger partial charge in [-0.1, -0.05) is 5.34 Å². The van der Waals surface area contributed by atoms with Crippen LogP contribution in [0.2, 0.25) is 0 Å². The summed E-state index contributed by atoms with van der Waals surface area (Å²) < 4.78 is 35.8. The van der Waals surface area contributed by atoms with Gasteiger partial charge >= 0.3 is 5.44 Å². The van der Waals surface area contributed by atoms with Crippen molar-refractivity contribution in [1.82, 2.24) is 0 Å². The molecule has 92 valence electrons. The third kappa shape index (κ3) is 2.92. The van der Waals surface area contributed by atoms with Gasteiger partial charge < -0.3 is 15.2 Å². The standard InChI is InChI=1S/C10H9B2F2NO2S/c1-16-6-2-5(4-9(11,12)15)3-7-8(6)18-10(13,14)17-7/h2-3H,4,15H2,1H3. The van der Waals surface area contributed by atoms with E-state index in [1.54, 1.807) is 6.07 Å². The molecule has 0 saturated carbocycles. The first-order valence-electron chi connectivity index (χ1n) is 5.03. The average Bonchev–Trinajstić information content (AvgIpc) is 2.48. The molecule has 0 spiro atoms. The zero-order chi connectivity index (χ0) is 13.6. The summed E-state index contributed by atoms with van der Waals surface area (Å²) in [6.45, 7) is 0. The Morgan fingerprint density at radius 1 is 1.50 bits per heavy atom. The van der Waals surface area contributed by atoms with E-state index >= 15 is 0 Å². The summed E-state index contributed by atoms with van der Waals surface area (Å²) in [5.74, 6) is 0.331. The van der Waals surface area contributed by atoms with Gasteiger partial charge in [-0.2, -0.15) is 8.78 Å². The molecule has 1 aliphatic heterocycles. The monoisotopic (exact) mass is 267 g/mol. The van der Waals surface area contributed by atoms with Crippen molar-refractivity contribution in [2.45, 2.75) is 22.1 Å². The zero-order valence-electron chi connectivity index (χ0n) is 9.57. The Hall–Kier alpha value is -0.880. The van der Waals surface area contributed by atoms with Gasteiger partial charge in [-0.05, 0) is 24.1 Å². The van der Waals surface area contributed by atoms with Crippen molar-refractivity contribution in [2.24, 2.45) is 5.73 Å². The van der Waals surface area contributed by atoms with E-state index < -0.39 is 10.8 Å². The number of halogens is 2. The first-order valence-corrected chi connectivity index (χ1v) is 5.85. The van der Waals surface area contributed by atoms with Gasteiger partial charge in [-0.3, -0.25) is 0 Å². The van der Waals surface area contributed by atoms with Crippen LogP contribution in [0.4, 0.5) is 8.78 Å². The van der Waals surface area contributed by atoms with E-state index in [2.05, 4.69) is 4.74 Å². The maximum Gasteiger partial charge on any atom is 0.457 e. The second kappa shape index (κ2) is 4.35. The molecular weight excluding hydrogens is 258 g/mol. The average molecular weight is 267 g/mol. The first kappa shape index (κ1) is 13.5. The summed E-state index contributed by atoms with van der Waals surface area (Å²) in [7, 11) is 12.3. The van der Waals surface area contributed by atoms with Crippen molar-refractivity contribution in [1.29, 1.82) is 0 Å². The van der Waals surface area contributed by atoms with Gasteiger partial charge in [0.25, 0.3) is 0 Å². The van der Waals surface area contributed by atoms with Gasteiger partial charge in [0.05, 0.1) is 22.8 Å².